The summed E-state index contributed by atoms with van der Waals surface area (Å²) in [5.41, 5.74) is -0.431. The van der Waals surface area contributed by atoms with Crippen molar-refractivity contribution in [3.8, 4) is 0 Å². The standard InChI is InChI=1S/C14H25NO3/c1-5-6-7-10-17-12-8-9-15(11-12)13(16)18-14(2,3)4/h5,12H,1,6-11H2,2-4H3/t12-/m0/s1. The summed E-state index contributed by atoms with van der Waals surface area (Å²) in [6.07, 6.45) is 4.68. The molecule has 1 rings (SSSR count). The Hall–Kier alpha value is -1.03. The minimum Gasteiger partial charge on any atom is -0.444 e. The molecule has 1 fully saturated rings. The number of hydrogen-bond acceptors (Lipinski definition) is 3. The first-order chi connectivity index (χ1) is 8.42. The van der Waals surface area contributed by atoms with Crippen molar-refractivity contribution in [3.05, 3.63) is 12.7 Å². The molecule has 1 amide bonds. The molecule has 1 aliphatic rings. The number of likely N-dealkylation sites (tertiary alicyclic amines) is 1. The molecule has 18 heavy (non-hydrogen) atoms. The molecule has 4 nitrogen and oxygen atoms in total. The van der Waals surface area contributed by atoms with Gasteiger partial charge in [0, 0.05) is 13.2 Å². The van der Waals surface area contributed by atoms with Gasteiger partial charge in [-0.15, -0.1) is 6.58 Å². The average Bonchev–Trinajstić information content (AvgIpc) is 2.71. The maximum atomic E-state index is 11.8. The molecule has 0 aromatic carbocycles. The van der Waals surface area contributed by atoms with Gasteiger partial charge in [-0.05, 0) is 40.0 Å². The third kappa shape index (κ3) is 5.54. The van der Waals surface area contributed by atoms with Crippen LogP contribution in [0.2, 0.25) is 0 Å². The van der Waals surface area contributed by atoms with Crippen LogP contribution in [0.3, 0.4) is 0 Å². The summed E-state index contributed by atoms with van der Waals surface area (Å²) in [6.45, 7) is 11.4. The molecule has 1 aliphatic heterocycles. The monoisotopic (exact) mass is 255 g/mol. The van der Waals surface area contributed by atoms with Gasteiger partial charge in [-0.1, -0.05) is 6.08 Å². The Balaban J connectivity index is 2.24. The number of amides is 1. The first-order valence-corrected chi connectivity index (χ1v) is 6.63. The van der Waals surface area contributed by atoms with Gasteiger partial charge in [0.25, 0.3) is 0 Å². The first kappa shape index (κ1) is 15.0. The van der Waals surface area contributed by atoms with Gasteiger partial charge in [-0.2, -0.15) is 0 Å². The predicted molar refractivity (Wildman–Crippen MR) is 71.6 cm³/mol. The largest absolute Gasteiger partial charge is 0.444 e. The van der Waals surface area contributed by atoms with Crippen LogP contribution in [-0.4, -0.2) is 42.4 Å². The van der Waals surface area contributed by atoms with E-state index in [2.05, 4.69) is 6.58 Å². The van der Waals surface area contributed by atoms with Crippen LogP contribution in [0.15, 0.2) is 12.7 Å². The third-order valence-electron chi connectivity index (χ3n) is 2.70. The van der Waals surface area contributed by atoms with Crippen LogP contribution in [0.4, 0.5) is 4.79 Å². The van der Waals surface area contributed by atoms with E-state index < -0.39 is 5.60 Å². The molecule has 0 aliphatic carbocycles. The van der Waals surface area contributed by atoms with E-state index in [1.165, 1.54) is 0 Å². The summed E-state index contributed by atoms with van der Waals surface area (Å²) < 4.78 is 11.0. The summed E-state index contributed by atoms with van der Waals surface area (Å²) in [4.78, 5) is 13.5. The SMILES string of the molecule is C=CCCCO[C@H]1CCN(C(=O)OC(C)(C)C)C1. The number of hydrogen-bond donors (Lipinski definition) is 0. The summed E-state index contributed by atoms with van der Waals surface area (Å²) in [6, 6.07) is 0. The van der Waals surface area contributed by atoms with Crippen LogP contribution in [0.5, 0.6) is 0 Å². The van der Waals surface area contributed by atoms with E-state index in [9.17, 15) is 4.79 Å². The lowest BCUT2D eigenvalue weighted by atomic mass is 10.2. The molecule has 0 N–H and O–H groups in total. The summed E-state index contributed by atoms with van der Waals surface area (Å²) in [5, 5.41) is 0. The molecule has 0 radical (unpaired) electrons. The zero-order valence-electron chi connectivity index (χ0n) is 11.8. The van der Waals surface area contributed by atoms with Crippen molar-refractivity contribution >= 4 is 6.09 Å². The van der Waals surface area contributed by atoms with Crippen LogP contribution in [-0.2, 0) is 9.47 Å². The Bertz CT molecular complexity index is 283. The van der Waals surface area contributed by atoms with Gasteiger partial charge in [0.15, 0.2) is 0 Å². The van der Waals surface area contributed by atoms with Crippen molar-refractivity contribution in [1.82, 2.24) is 4.90 Å². The van der Waals surface area contributed by atoms with Crippen molar-refractivity contribution in [2.24, 2.45) is 0 Å². The maximum Gasteiger partial charge on any atom is 0.410 e. The molecule has 0 aromatic rings. The normalized spacial score (nSPS) is 19.9. The molecule has 0 saturated carbocycles. The number of ether oxygens (including phenoxy) is 2. The Morgan fingerprint density at radius 3 is 2.83 bits per heavy atom. The molecule has 0 unspecified atom stereocenters. The van der Waals surface area contributed by atoms with E-state index in [1.54, 1.807) is 4.90 Å². The maximum absolute atomic E-state index is 11.8. The molecule has 0 bridgehead atoms. The Labute approximate surface area is 110 Å². The highest BCUT2D eigenvalue weighted by atomic mass is 16.6. The number of unbranched alkanes of at least 4 members (excludes halogenated alkanes) is 1. The van der Waals surface area contributed by atoms with E-state index >= 15 is 0 Å². The van der Waals surface area contributed by atoms with Gasteiger partial charge < -0.3 is 14.4 Å². The Morgan fingerprint density at radius 1 is 1.50 bits per heavy atom. The zero-order valence-corrected chi connectivity index (χ0v) is 11.8. The molecule has 4 heteroatoms. The lowest BCUT2D eigenvalue weighted by Gasteiger charge is -2.24. The minimum absolute atomic E-state index is 0.155. The van der Waals surface area contributed by atoms with E-state index in [-0.39, 0.29) is 12.2 Å². The fourth-order valence-electron chi connectivity index (χ4n) is 1.83. The lowest BCUT2D eigenvalue weighted by molar-refractivity contribution is 0.0209. The second-order valence-corrected chi connectivity index (χ2v) is 5.64. The van der Waals surface area contributed by atoms with Gasteiger partial charge >= 0.3 is 6.09 Å². The highest BCUT2D eigenvalue weighted by Gasteiger charge is 2.29. The summed E-state index contributed by atoms with van der Waals surface area (Å²) >= 11 is 0. The van der Waals surface area contributed by atoms with Crippen LogP contribution in [0, 0.1) is 0 Å². The minimum atomic E-state index is -0.431. The summed E-state index contributed by atoms with van der Waals surface area (Å²) in [7, 11) is 0. The molecular weight excluding hydrogens is 230 g/mol. The van der Waals surface area contributed by atoms with Crippen LogP contribution >= 0.6 is 0 Å². The number of carbonyl (C=O) groups excluding carboxylic acids is 1. The van der Waals surface area contributed by atoms with Crippen LogP contribution in [0.25, 0.3) is 0 Å². The predicted octanol–water partition coefficient (Wildman–Crippen LogP) is 2.98. The zero-order chi connectivity index (χ0) is 13.6. The molecule has 0 aromatic heterocycles. The van der Waals surface area contributed by atoms with Crippen molar-refractivity contribution in [1.29, 1.82) is 0 Å². The van der Waals surface area contributed by atoms with Crippen molar-refractivity contribution < 1.29 is 14.3 Å². The molecular formula is C14H25NO3. The molecule has 1 atom stereocenters. The van der Waals surface area contributed by atoms with Crippen molar-refractivity contribution in [3.63, 3.8) is 0 Å². The lowest BCUT2D eigenvalue weighted by Crippen LogP contribution is -2.36. The van der Waals surface area contributed by atoms with Crippen molar-refractivity contribution in [2.45, 2.75) is 51.7 Å². The van der Waals surface area contributed by atoms with Crippen LogP contribution in [0.1, 0.15) is 40.0 Å². The fraction of sp³-hybridized carbons (Fsp3) is 0.786. The second kappa shape index (κ2) is 6.78. The van der Waals surface area contributed by atoms with E-state index in [1.807, 2.05) is 26.8 Å². The van der Waals surface area contributed by atoms with E-state index in [4.69, 9.17) is 9.47 Å². The van der Waals surface area contributed by atoms with E-state index in [0.717, 1.165) is 32.4 Å². The topological polar surface area (TPSA) is 38.8 Å². The number of carbonyl (C=O) groups is 1. The van der Waals surface area contributed by atoms with Gasteiger partial charge in [0.1, 0.15) is 5.60 Å². The van der Waals surface area contributed by atoms with Gasteiger partial charge in [0.2, 0.25) is 0 Å². The fourth-order valence-corrected chi connectivity index (χ4v) is 1.83. The van der Waals surface area contributed by atoms with E-state index in [0.29, 0.717) is 6.54 Å². The Morgan fingerprint density at radius 2 is 2.22 bits per heavy atom. The van der Waals surface area contributed by atoms with Gasteiger partial charge in [-0.25, -0.2) is 4.79 Å². The highest BCUT2D eigenvalue weighted by molar-refractivity contribution is 5.68. The van der Waals surface area contributed by atoms with Gasteiger partial charge in [-0.3, -0.25) is 0 Å². The number of nitrogens with zero attached hydrogens (tertiary/aromatic N) is 1. The summed E-state index contributed by atoms with van der Waals surface area (Å²) in [5.74, 6) is 0. The third-order valence-corrected chi connectivity index (χ3v) is 2.70. The molecule has 1 saturated heterocycles. The molecule has 104 valence electrons. The smallest absolute Gasteiger partial charge is 0.410 e. The van der Waals surface area contributed by atoms with Crippen molar-refractivity contribution in [2.75, 3.05) is 19.7 Å². The number of rotatable bonds is 5. The number of allylic oxidation sites excluding steroid dienone is 1. The second-order valence-electron chi connectivity index (χ2n) is 5.64. The quantitative estimate of drug-likeness (QED) is 0.560. The Kier molecular flexibility index (Phi) is 5.66. The highest BCUT2D eigenvalue weighted by Crippen LogP contribution is 2.17. The first-order valence-electron chi connectivity index (χ1n) is 6.63. The van der Waals surface area contributed by atoms with Crippen LogP contribution < -0.4 is 0 Å². The average molecular weight is 255 g/mol. The van der Waals surface area contributed by atoms with Gasteiger partial charge in [0.05, 0.1) is 12.6 Å². The molecule has 1 heterocycles. The molecule has 0 spiro atoms.